The third-order valence-corrected chi connectivity index (χ3v) is 2.47. The molecule has 5 heteroatoms. The molecule has 90 valence electrons. The van der Waals surface area contributed by atoms with Crippen LogP contribution in [0.15, 0.2) is 30.5 Å². The van der Waals surface area contributed by atoms with Crippen molar-refractivity contribution in [3.63, 3.8) is 0 Å². The van der Waals surface area contributed by atoms with Crippen molar-refractivity contribution in [1.82, 2.24) is 9.78 Å². The van der Waals surface area contributed by atoms with E-state index in [0.717, 1.165) is 11.4 Å². The van der Waals surface area contributed by atoms with E-state index in [-0.39, 0.29) is 5.75 Å². The number of ether oxygens (including phenoxy) is 1. The van der Waals surface area contributed by atoms with Crippen LogP contribution in [0.5, 0.6) is 11.5 Å². The topological polar surface area (TPSA) is 59.3 Å². The van der Waals surface area contributed by atoms with Gasteiger partial charge in [0.2, 0.25) is 0 Å². The lowest BCUT2D eigenvalue weighted by Crippen LogP contribution is -2.01. The number of aryl methyl sites for hydroxylation is 1. The van der Waals surface area contributed by atoms with Gasteiger partial charge in [0.05, 0.1) is 7.11 Å². The van der Waals surface area contributed by atoms with Gasteiger partial charge in [0, 0.05) is 37.5 Å². The minimum atomic E-state index is 0.216. The Labute approximate surface area is 99.6 Å². The van der Waals surface area contributed by atoms with Gasteiger partial charge in [-0.3, -0.25) is 4.68 Å². The standard InChI is InChI=1S/C12H15N3O2/c1-15-6-5-12(14-15)13-8-9-3-4-10(17-2)7-11(9)16/h3-7,16H,8H2,1-2H3,(H,13,14). The molecule has 0 saturated heterocycles. The predicted molar refractivity (Wildman–Crippen MR) is 65.2 cm³/mol. The first-order valence-corrected chi connectivity index (χ1v) is 5.28. The maximum atomic E-state index is 9.76. The molecule has 0 aliphatic heterocycles. The quantitative estimate of drug-likeness (QED) is 0.844. The smallest absolute Gasteiger partial charge is 0.148 e. The normalized spacial score (nSPS) is 10.2. The monoisotopic (exact) mass is 233 g/mol. The van der Waals surface area contributed by atoms with Crippen molar-refractivity contribution >= 4 is 5.82 Å². The van der Waals surface area contributed by atoms with Crippen LogP contribution in [0.25, 0.3) is 0 Å². The SMILES string of the molecule is COc1ccc(CNc2ccn(C)n2)c(O)c1. The first kappa shape index (κ1) is 11.3. The van der Waals surface area contributed by atoms with Gasteiger partial charge >= 0.3 is 0 Å². The number of hydrogen-bond acceptors (Lipinski definition) is 4. The molecule has 0 radical (unpaired) electrons. The molecule has 2 N–H and O–H groups in total. The van der Waals surface area contributed by atoms with Crippen LogP contribution in [-0.4, -0.2) is 22.0 Å². The maximum Gasteiger partial charge on any atom is 0.148 e. The molecule has 1 heterocycles. The van der Waals surface area contributed by atoms with Crippen molar-refractivity contribution < 1.29 is 9.84 Å². The van der Waals surface area contributed by atoms with E-state index in [1.54, 1.807) is 17.9 Å². The van der Waals surface area contributed by atoms with Crippen LogP contribution in [0.3, 0.4) is 0 Å². The van der Waals surface area contributed by atoms with Gasteiger partial charge in [-0.1, -0.05) is 0 Å². The van der Waals surface area contributed by atoms with Gasteiger partial charge in [0.25, 0.3) is 0 Å². The Bertz CT molecular complexity index is 508. The summed E-state index contributed by atoms with van der Waals surface area (Å²) in [6, 6.07) is 7.11. The van der Waals surface area contributed by atoms with E-state index in [1.807, 2.05) is 31.4 Å². The Hall–Kier alpha value is -2.17. The number of hydrogen-bond donors (Lipinski definition) is 2. The average Bonchev–Trinajstić information content (AvgIpc) is 2.73. The third kappa shape index (κ3) is 2.69. The molecule has 0 fully saturated rings. The van der Waals surface area contributed by atoms with Crippen molar-refractivity contribution in [2.45, 2.75) is 6.54 Å². The number of rotatable bonds is 4. The second-order valence-electron chi connectivity index (χ2n) is 3.72. The van der Waals surface area contributed by atoms with Crippen molar-refractivity contribution in [3.05, 3.63) is 36.0 Å². The predicted octanol–water partition coefficient (Wildman–Crippen LogP) is 1.75. The van der Waals surface area contributed by atoms with Crippen LogP contribution >= 0.6 is 0 Å². The summed E-state index contributed by atoms with van der Waals surface area (Å²) >= 11 is 0. The zero-order chi connectivity index (χ0) is 12.3. The fourth-order valence-corrected chi connectivity index (χ4v) is 1.52. The van der Waals surface area contributed by atoms with E-state index in [1.165, 1.54) is 0 Å². The number of methoxy groups -OCH3 is 1. The molecule has 2 aromatic rings. The summed E-state index contributed by atoms with van der Waals surface area (Å²) in [5.74, 6) is 1.64. The lowest BCUT2D eigenvalue weighted by Gasteiger charge is -2.07. The number of anilines is 1. The summed E-state index contributed by atoms with van der Waals surface area (Å²) in [7, 11) is 3.43. The Balaban J connectivity index is 2.04. The number of benzene rings is 1. The number of aromatic nitrogens is 2. The summed E-state index contributed by atoms with van der Waals surface area (Å²) in [6.45, 7) is 0.521. The van der Waals surface area contributed by atoms with Gasteiger partial charge in [-0.05, 0) is 12.1 Å². The van der Waals surface area contributed by atoms with E-state index in [4.69, 9.17) is 4.74 Å². The molecule has 1 aromatic heterocycles. The van der Waals surface area contributed by atoms with Crippen LogP contribution in [0.1, 0.15) is 5.56 Å². The number of nitrogens with one attached hydrogen (secondary N) is 1. The molecule has 17 heavy (non-hydrogen) atoms. The van der Waals surface area contributed by atoms with Crippen LogP contribution < -0.4 is 10.1 Å². The first-order valence-electron chi connectivity index (χ1n) is 5.28. The second-order valence-corrected chi connectivity index (χ2v) is 3.72. The number of nitrogens with zero attached hydrogens (tertiary/aromatic N) is 2. The van der Waals surface area contributed by atoms with Gasteiger partial charge in [0.1, 0.15) is 17.3 Å². The van der Waals surface area contributed by atoms with E-state index in [9.17, 15) is 5.11 Å². The highest BCUT2D eigenvalue weighted by Gasteiger charge is 2.03. The van der Waals surface area contributed by atoms with E-state index in [2.05, 4.69) is 10.4 Å². The Morgan fingerprint density at radius 2 is 2.24 bits per heavy atom. The van der Waals surface area contributed by atoms with E-state index < -0.39 is 0 Å². The molecular formula is C12H15N3O2. The highest BCUT2D eigenvalue weighted by Crippen LogP contribution is 2.23. The lowest BCUT2D eigenvalue weighted by atomic mass is 10.2. The van der Waals surface area contributed by atoms with Gasteiger partial charge < -0.3 is 15.2 Å². The molecule has 0 atom stereocenters. The van der Waals surface area contributed by atoms with E-state index >= 15 is 0 Å². The molecule has 1 aromatic carbocycles. The maximum absolute atomic E-state index is 9.76. The second kappa shape index (κ2) is 4.78. The van der Waals surface area contributed by atoms with Crippen molar-refractivity contribution in [3.8, 4) is 11.5 Å². The van der Waals surface area contributed by atoms with Gasteiger partial charge in [-0.2, -0.15) is 5.10 Å². The molecule has 0 aliphatic rings. The molecule has 5 nitrogen and oxygen atoms in total. The number of phenolic OH excluding ortho intramolecular Hbond substituents is 1. The lowest BCUT2D eigenvalue weighted by molar-refractivity contribution is 0.406. The van der Waals surface area contributed by atoms with Crippen LogP contribution in [0, 0.1) is 0 Å². The fourth-order valence-electron chi connectivity index (χ4n) is 1.52. The zero-order valence-corrected chi connectivity index (χ0v) is 9.84. The largest absolute Gasteiger partial charge is 0.507 e. The zero-order valence-electron chi connectivity index (χ0n) is 9.84. The Kier molecular flexibility index (Phi) is 3.18. The number of aromatic hydroxyl groups is 1. The first-order chi connectivity index (χ1) is 8.19. The van der Waals surface area contributed by atoms with Crippen molar-refractivity contribution in [2.24, 2.45) is 7.05 Å². The van der Waals surface area contributed by atoms with Crippen LogP contribution in [0.2, 0.25) is 0 Å². The minimum absolute atomic E-state index is 0.216. The Morgan fingerprint density at radius 1 is 1.41 bits per heavy atom. The minimum Gasteiger partial charge on any atom is -0.507 e. The summed E-state index contributed by atoms with van der Waals surface area (Å²) in [5, 5.41) is 17.1. The van der Waals surface area contributed by atoms with Crippen molar-refractivity contribution in [2.75, 3.05) is 12.4 Å². The fraction of sp³-hybridized carbons (Fsp3) is 0.250. The summed E-state index contributed by atoms with van der Waals surface area (Å²) in [6.07, 6.45) is 1.86. The van der Waals surface area contributed by atoms with Crippen LogP contribution in [-0.2, 0) is 13.6 Å². The third-order valence-electron chi connectivity index (χ3n) is 2.47. The molecule has 0 saturated carbocycles. The number of phenols is 1. The van der Waals surface area contributed by atoms with E-state index in [0.29, 0.717) is 12.3 Å². The summed E-state index contributed by atoms with van der Waals surface area (Å²) < 4.78 is 6.74. The molecular weight excluding hydrogens is 218 g/mol. The molecule has 2 rings (SSSR count). The molecule has 0 spiro atoms. The van der Waals surface area contributed by atoms with Crippen LogP contribution in [0.4, 0.5) is 5.82 Å². The van der Waals surface area contributed by atoms with Crippen molar-refractivity contribution in [1.29, 1.82) is 0 Å². The van der Waals surface area contributed by atoms with Gasteiger partial charge in [-0.15, -0.1) is 0 Å². The summed E-state index contributed by atoms with van der Waals surface area (Å²) in [5.41, 5.74) is 0.802. The molecule has 0 unspecified atom stereocenters. The molecule has 0 bridgehead atoms. The van der Waals surface area contributed by atoms with Gasteiger partial charge in [0.15, 0.2) is 0 Å². The average molecular weight is 233 g/mol. The highest BCUT2D eigenvalue weighted by molar-refractivity contribution is 5.42. The summed E-state index contributed by atoms with van der Waals surface area (Å²) in [4.78, 5) is 0. The molecule has 0 aliphatic carbocycles. The Morgan fingerprint density at radius 3 is 2.82 bits per heavy atom. The molecule has 0 amide bonds. The van der Waals surface area contributed by atoms with Gasteiger partial charge in [-0.25, -0.2) is 0 Å². The highest BCUT2D eigenvalue weighted by atomic mass is 16.5.